The predicted molar refractivity (Wildman–Crippen MR) is 78.5 cm³/mol. The molecule has 0 bridgehead atoms. The number of morpholine rings is 1. The number of hydrogen-bond acceptors (Lipinski definition) is 7. The van der Waals surface area contributed by atoms with Crippen LogP contribution >= 0.6 is 22.6 Å². The number of rotatable bonds is 2. The first-order valence-electron chi connectivity index (χ1n) is 5.77. The molecule has 1 aliphatic heterocycles. The number of hydrogen-bond donors (Lipinski definition) is 0. The molecular weight excluding hydrogens is 361 g/mol. The van der Waals surface area contributed by atoms with E-state index in [1.807, 2.05) is 0 Å². The molecule has 0 saturated carbocycles. The van der Waals surface area contributed by atoms with Gasteiger partial charge < -0.3 is 9.64 Å². The average molecular weight is 371 g/mol. The van der Waals surface area contributed by atoms with E-state index in [4.69, 9.17) is 4.74 Å². The predicted octanol–water partition coefficient (Wildman–Crippen LogP) is 1.86. The maximum atomic E-state index is 10.6. The minimum Gasteiger partial charge on any atom is -0.378 e. The van der Waals surface area contributed by atoms with E-state index in [2.05, 4.69) is 47.6 Å². The molecule has 0 spiro atoms. The van der Waals surface area contributed by atoms with Crippen LogP contribution in [0.1, 0.15) is 0 Å². The zero-order valence-corrected chi connectivity index (χ0v) is 12.1. The highest BCUT2D eigenvalue weighted by Gasteiger charge is 2.17. The van der Waals surface area contributed by atoms with Crippen molar-refractivity contribution in [2.75, 3.05) is 31.2 Å². The Morgan fingerprint density at radius 1 is 1.32 bits per heavy atom. The van der Waals surface area contributed by atoms with Gasteiger partial charge in [0, 0.05) is 35.7 Å². The molecule has 98 valence electrons. The molecule has 2 aromatic rings. The Morgan fingerprint density at radius 3 is 2.84 bits per heavy atom. The van der Waals surface area contributed by atoms with Gasteiger partial charge in [0.15, 0.2) is 9.48 Å². The second kappa shape index (κ2) is 5.29. The highest BCUT2D eigenvalue weighted by atomic mass is 127. The fraction of sp³-hybridized carbons (Fsp3) is 0.364. The van der Waals surface area contributed by atoms with E-state index in [1.165, 1.54) is 6.20 Å². The molecule has 1 saturated heterocycles. The molecule has 0 amide bonds. The van der Waals surface area contributed by atoms with Crippen LogP contribution in [0, 0.1) is 8.74 Å². The second-order valence-corrected chi connectivity index (χ2v) is 5.04. The van der Waals surface area contributed by atoms with Crippen LogP contribution in [0.5, 0.6) is 0 Å². The van der Waals surface area contributed by atoms with Gasteiger partial charge in [0.25, 0.3) is 0 Å². The summed E-state index contributed by atoms with van der Waals surface area (Å²) in [4.78, 5) is 25.6. The van der Waals surface area contributed by atoms with Gasteiger partial charge in [0.2, 0.25) is 0 Å². The number of fused-ring (bicyclic) bond motifs is 1. The highest BCUT2D eigenvalue weighted by Crippen LogP contribution is 2.27. The number of halogens is 1. The molecule has 0 N–H and O–H groups in total. The summed E-state index contributed by atoms with van der Waals surface area (Å²) in [6.45, 7) is 2.87. The summed E-state index contributed by atoms with van der Waals surface area (Å²) in [5.74, 6) is 0.788. The number of anilines is 1. The van der Waals surface area contributed by atoms with Gasteiger partial charge in [-0.2, -0.15) is 0 Å². The van der Waals surface area contributed by atoms with Gasteiger partial charge in [-0.1, -0.05) is 0 Å². The SMILES string of the molecule is O=Nc1cnc2nc(I)nc(N3CCOCC3)c2c1. The summed E-state index contributed by atoms with van der Waals surface area (Å²) < 4.78 is 5.97. The zero-order valence-electron chi connectivity index (χ0n) is 9.91. The standard InChI is InChI=1S/C11H10IN5O2/c12-11-14-9-8(5-7(16-18)6-13-9)10(15-11)17-1-3-19-4-2-17/h5-6H,1-4H2. The van der Waals surface area contributed by atoms with E-state index < -0.39 is 0 Å². The minimum atomic E-state index is 0.284. The fourth-order valence-electron chi connectivity index (χ4n) is 2.03. The van der Waals surface area contributed by atoms with Crippen molar-refractivity contribution in [3.8, 4) is 0 Å². The van der Waals surface area contributed by atoms with Crippen molar-refractivity contribution >= 4 is 45.1 Å². The van der Waals surface area contributed by atoms with Crippen molar-refractivity contribution in [2.24, 2.45) is 5.18 Å². The lowest BCUT2D eigenvalue weighted by Crippen LogP contribution is -2.37. The van der Waals surface area contributed by atoms with Crippen LogP contribution in [-0.2, 0) is 4.74 Å². The topological polar surface area (TPSA) is 80.6 Å². The highest BCUT2D eigenvalue weighted by molar-refractivity contribution is 14.1. The lowest BCUT2D eigenvalue weighted by atomic mass is 10.2. The maximum Gasteiger partial charge on any atom is 0.194 e. The smallest absolute Gasteiger partial charge is 0.194 e. The zero-order chi connectivity index (χ0) is 13.2. The normalized spacial score (nSPS) is 15.7. The van der Waals surface area contributed by atoms with Crippen molar-refractivity contribution in [2.45, 2.75) is 0 Å². The second-order valence-electron chi connectivity index (χ2n) is 4.07. The molecule has 0 unspecified atom stereocenters. The number of pyridine rings is 1. The van der Waals surface area contributed by atoms with Gasteiger partial charge in [-0.3, -0.25) is 0 Å². The Kier molecular flexibility index (Phi) is 3.51. The Labute approximate surface area is 122 Å². The molecule has 19 heavy (non-hydrogen) atoms. The first-order chi connectivity index (χ1) is 9.28. The molecule has 3 rings (SSSR count). The van der Waals surface area contributed by atoms with E-state index in [-0.39, 0.29) is 5.69 Å². The van der Waals surface area contributed by atoms with Crippen LogP contribution in [0.15, 0.2) is 17.4 Å². The molecule has 2 aromatic heterocycles. The van der Waals surface area contributed by atoms with Crippen LogP contribution in [0.25, 0.3) is 11.0 Å². The molecule has 8 heteroatoms. The van der Waals surface area contributed by atoms with E-state index in [9.17, 15) is 4.91 Å². The molecule has 0 aliphatic carbocycles. The van der Waals surface area contributed by atoms with E-state index in [0.29, 0.717) is 22.7 Å². The largest absolute Gasteiger partial charge is 0.378 e. The maximum absolute atomic E-state index is 10.6. The summed E-state index contributed by atoms with van der Waals surface area (Å²) in [5.41, 5.74) is 0.861. The lowest BCUT2D eigenvalue weighted by Gasteiger charge is -2.28. The number of nitroso groups, excluding NO2 is 1. The van der Waals surface area contributed by atoms with Crippen molar-refractivity contribution < 1.29 is 4.74 Å². The van der Waals surface area contributed by atoms with Crippen molar-refractivity contribution in [1.29, 1.82) is 0 Å². The minimum absolute atomic E-state index is 0.284. The van der Waals surface area contributed by atoms with Crippen molar-refractivity contribution in [1.82, 2.24) is 15.0 Å². The summed E-state index contributed by atoms with van der Waals surface area (Å²) in [7, 11) is 0. The number of ether oxygens (including phenoxy) is 1. The number of nitrogens with zero attached hydrogens (tertiary/aromatic N) is 5. The summed E-state index contributed by atoms with van der Waals surface area (Å²) in [6, 6.07) is 1.68. The molecule has 0 aromatic carbocycles. The molecule has 7 nitrogen and oxygen atoms in total. The third-order valence-corrected chi connectivity index (χ3v) is 3.39. The van der Waals surface area contributed by atoms with E-state index in [0.717, 1.165) is 24.3 Å². The Bertz CT molecular complexity index is 630. The molecule has 0 atom stereocenters. The average Bonchev–Trinajstić information content (AvgIpc) is 2.47. The monoisotopic (exact) mass is 371 g/mol. The van der Waals surface area contributed by atoms with Crippen molar-refractivity contribution in [3.63, 3.8) is 0 Å². The van der Waals surface area contributed by atoms with Gasteiger partial charge in [-0.15, -0.1) is 4.91 Å². The summed E-state index contributed by atoms with van der Waals surface area (Å²) in [5, 5.41) is 3.67. The van der Waals surface area contributed by atoms with Crippen LogP contribution in [0.4, 0.5) is 11.5 Å². The Morgan fingerprint density at radius 2 is 2.11 bits per heavy atom. The van der Waals surface area contributed by atoms with E-state index >= 15 is 0 Å². The van der Waals surface area contributed by atoms with Gasteiger partial charge in [-0.05, 0) is 11.2 Å². The Balaban J connectivity index is 2.16. The first-order valence-corrected chi connectivity index (χ1v) is 6.85. The van der Waals surface area contributed by atoms with Crippen LogP contribution < -0.4 is 4.90 Å². The van der Waals surface area contributed by atoms with Gasteiger partial charge in [0.05, 0.1) is 24.8 Å². The molecular formula is C11H10IN5O2. The van der Waals surface area contributed by atoms with Crippen LogP contribution in [0.2, 0.25) is 0 Å². The quantitative estimate of drug-likeness (QED) is 0.456. The summed E-state index contributed by atoms with van der Waals surface area (Å²) in [6.07, 6.45) is 1.42. The Hall–Kier alpha value is -1.42. The van der Waals surface area contributed by atoms with Gasteiger partial charge in [0.1, 0.15) is 11.5 Å². The lowest BCUT2D eigenvalue weighted by molar-refractivity contribution is 0.122. The third-order valence-electron chi connectivity index (χ3n) is 2.91. The molecule has 0 radical (unpaired) electrons. The summed E-state index contributed by atoms with van der Waals surface area (Å²) >= 11 is 2.06. The first kappa shape index (κ1) is 12.6. The van der Waals surface area contributed by atoms with Crippen LogP contribution in [-0.4, -0.2) is 41.3 Å². The third kappa shape index (κ3) is 2.50. The van der Waals surface area contributed by atoms with Gasteiger partial charge in [-0.25, -0.2) is 15.0 Å². The molecule has 3 heterocycles. The molecule has 1 aliphatic rings. The van der Waals surface area contributed by atoms with Gasteiger partial charge >= 0.3 is 0 Å². The number of aromatic nitrogens is 3. The molecule has 1 fully saturated rings. The fourth-order valence-corrected chi connectivity index (χ4v) is 2.48. The van der Waals surface area contributed by atoms with Crippen molar-refractivity contribution in [3.05, 3.63) is 21.0 Å². The van der Waals surface area contributed by atoms with E-state index in [1.54, 1.807) is 6.07 Å². The van der Waals surface area contributed by atoms with Crippen LogP contribution in [0.3, 0.4) is 0 Å².